The molecular weight excluding hydrogens is 629 g/mol. The summed E-state index contributed by atoms with van der Waals surface area (Å²) in [5.41, 5.74) is 11.6. The normalized spacial score (nSPS) is 12.8. The van der Waals surface area contributed by atoms with Crippen molar-refractivity contribution in [3.8, 4) is 11.1 Å². The standard InChI is InChI=1S/C41H44N4O3S/c1-29(42)34-16-10-17-35(27-34)40(47)45(3)38(26-31-19-21-33(22-20-31)32-14-8-5-9-15-32)41(48)44(2)37(28-36-18-11-25-49-36)39(46)43-24-23-30-12-6-4-7-13-30/h4-22,25,27,29,37-38H,23-24,26,28,42H2,1-3H3,(H,43,46). The van der Waals surface area contributed by atoms with Gasteiger partial charge in [0, 0.05) is 50.0 Å². The maximum absolute atomic E-state index is 14.6. The molecule has 0 saturated heterocycles. The molecule has 0 aliphatic rings. The van der Waals surface area contributed by atoms with Crippen LogP contribution in [0, 0.1) is 0 Å². The number of rotatable bonds is 14. The first-order chi connectivity index (χ1) is 23.7. The van der Waals surface area contributed by atoms with E-state index in [9.17, 15) is 14.4 Å². The van der Waals surface area contributed by atoms with Gasteiger partial charge in [-0.15, -0.1) is 11.3 Å². The number of hydrogen-bond acceptors (Lipinski definition) is 5. The predicted octanol–water partition coefficient (Wildman–Crippen LogP) is 6.55. The molecule has 3 amide bonds. The Balaban J connectivity index is 1.42. The monoisotopic (exact) mass is 672 g/mol. The third-order valence-electron chi connectivity index (χ3n) is 8.87. The molecule has 8 heteroatoms. The lowest BCUT2D eigenvalue weighted by Gasteiger charge is -2.34. The number of hydrogen-bond donors (Lipinski definition) is 2. The van der Waals surface area contributed by atoms with Gasteiger partial charge in [-0.3, -0.25) is 14.4 Å². The third-order valence-corrected chi connectivity index (χ3v) is 9.77. The highest BCUT2D eigenvalue weighted by Crippen LogP contribution is 2.23. The van der Waals surface area contributed by atoms with Crippen LogP contribution in [0.2, 0.25) is 0 Å². The summed E-state index contributed by atoms with van der Waals surface area (Å²) in [4.78, 5) is 46.4. The molecule has 0 bridgehead atoms. The van der Waals surface area contributed by atoms with Gasteiger partial charge in [0.05, 0.1) is 0 Å². The number of nitrogens with zero attached hydrogens (tertiary/aromatic N) is 2. The molecule has 3 atom stereocenters. The van der Waals surface area contributed by atoms with Gasteiger partial charge < -0.3 is 20.9 Å². The summed E-state index contributed by atoms with van der Waals surface area (Å²) >= 11 is 1.55. The van der Waals surface area contributed by atoms with E-state index >= 15 is 0 Å². The Labute approximate surface area is 293 Å². The molecule has 3 N–H and O–H groups in total. The topological polar surface area (TPSA) is 95.7 Å². The minimum atomic E-state index is -0.873. The Morgan fingerprint density at radius 2 is 1.39 bits per heavy atom. The molecule has 1 aromatic heterocycles. The van der Waals surface area contributed by atoms with Crippen molar-refractivity contribution >= 4 is 29.1 Å². The largest absolute Gasteiger partial charge is 0.354 e. The maximum atomic E-state index is 14.6. The van der Waals surface area contributed by atoms with Crippen molar-refractivity contribution in [3.05, 3.63) is 154 Å². The van der Waals surface area contributed by atoms with Crippen molar-refractivity contribution in [2.24, 2.45) is 5.73 Å². The van der Waals surface area contributed by atoms with E-state index in [0.717, 1.165) is 32.7 Å². The number of thiophene rings is 1. The predicted molar refractivity (Wildman–Crippen MR) is 198 cm³/mol. The van der Waals surface area contributed by atoms with Crippen LogP contribution in [0.1, 0.15) is 44.9 Å². The molecule has 0 saturated carbocycles. The second-order valence-electron chi connectivity index (χ2n) is 12.4. The van der Waals surface area contributed by atoms with Crippen LogP contribution in [-0.4, -0.2) is 60.2 Å². The fourth-order valence-electron chi connectivity index (χ4n) is 5.88. The highest BCUT2D eigenvalue weighted by Gasteiger charge is 2.35. The quantitative estimate of drug-likeness (QED) is 0.140. The first-order valence-electron chi connectivity index (χ1n) is 16.6. The molecular formula is C41H44N4O3S. The van der Waals surface area contributed by atoms with Crippen LogP contribution in [0.5, 0.6) is 0 Å². The zero-order chi connectivity index (χ0) is 34.8. The molecule has 0 spiro atoms. The molecule has 252 valence electrons. The third kappa shape index (κ3) is 9.31. The lowest BCUT2D eigenvalue weighted by Crippen LogP contribution is -2.56. The van der Waals surface area contributed by atoms with Gasteiger partial charge in [-0.25, -0.2) is 0 Å². The van der Waals surface area contributed by atoms with Gasteiger partial charge in [-0.2, -0.15) is 0 Å². The summed E-state index contributed by atoms with van der Waals surface area (Å²) < 4.78 is 0. The van der Waals surface area contributed by atoms with Crippen LogP contribution in [0.25, 0.3) is 11.1 Å². The molecule has 5 aromatic rings. The SMILES string of the molecule is CC(N)c1cccc(C(=O)N(C)C(Cc2ccc(-c3ccccc3)cc2)C(=O)N(C)C(Cc2cccs2)C(=O)NCCc2ccccc2)c1. The van der Waals surface area contributed by atoms with Crippen molar-refractivity contribution in [2.75, 3.05) is 20.6 Å². The molecule has 5 rings (SSSR count). The van der Waals surface area contributed by atoms with Gasteiger partial charge in [-0.05, 0) is 64.7 Å². The lowest BCUT2D eigenvalue weighted by atomic mass is 9.98. The molecule has 4 aromatic carbocycles. The van der Waals surface area contributed by atoms with Crippen LogP contribution in [0.4, 0.5) is 0 Å². The van der Waals surface area contributed by atoms with E-state index < -0.39 is 12.1 Å². The second kappa shape index (κ2) is 16.9. The van der Waals surface area contributed by atoms with Gasteiger partial charge in [0.1, 0.15) is 12.1 Å². The molecule has 1 heterocycles. The van der Waals surface area contributed by atoms with E-state index in [2.05, 4.69) is 17.4 Å². The number of nitrogens with two attached hydrogens (primary N) is 1. The first-order valence-corrected chi connectivity index (χ1v) is 17.5. The van der Waals surface area contributed by atoms with Gasteiger partial charge in [0.15, 0.2) is 0 Å². The molecule has 3 unspecified atom stereocenters. The summed E-state index contributed by atoms with van der Waals surface area (Å²) in [6, 6.07) is 37.4. The van der Waals surface area contributed by atoms with Gasteiger partial charge in [0.25, 0.3) is 5.91 Å². The van der Waals surface area contributed by atoms with E-state index in [1.54, 1.807) is 37.6 Å². The number of benzene rings is 4. The summed E-state index contributed by atoms with van der Waals surface area (Å²) in [6.07, 6.45) is 1.31. The van der Waals surface area contributed by atoms with Gasteiger partial charge in [0.2, 0.25) is 11.8 Å². The number of amides is 3. The highest BCUT2D eigenvalue weighted by molar-refractivity contribution is 7.09. The summed E-state index contributed by atoms with van der Waals surface area (Å²) in [5, 5.41) is 5.03. The minimum absolute atomic E-state index is 0.232. The average molecular weight is 673 g/mol. The van der Waals surface area contributed by atoms with Crippen molar-refractivity contribution in [2.45, 2.75) is 44.3 Å². The molecule has 0 aliphatic heterocycles. The van der Waals surface area contributed by atoms with E-state index in [0.29, 0.717) is 24.9 Å². The Hall–Kier alpha value is -5.05. The van der Waals surface area contributed by atoms with Crippen LogP contribution in [0.3, 0.4) is 0 Å². The van der Waals surface area contributed by atoms with E-state index in [-0.39, 0.29) is 30.2 Å². The minimum Gasteiger partial charge on any atom is -0.354 e. The fraction of sp³-hybridized carbons (Fsp3) is 0.244. The summed E-state index contributed by atoms with van der Waals surface area (Å²) in [6.45, 7) is 2.31. The molecule has 0 fully saturated rings. The van der Waals surface area contributed by atoms with Crippen molar-refractivity contribution < 1.29 is 14.4 Å². The molecule has 0 radical (unpaired) electrons. The highest BCUT2D eigenvalue weighted by atomic mass is 32.1. The fourth-order valence-corrected chi connectivity index (χ4v) is 6.63. The number of likely N-dealkylation sites (N-methyl/N-ethyl adjacent to an activating group) is 2. The van der Waals surface area contributed by atoms with Crippen LogP contribution < -0.4 is 11.1 Å². The van der Waals surface area contributed by atoms with Crippen LogP contribution >= 0.6 is 11.3 Å². The lowest BCUT2D eigenvalue weighted by molar-refractivity contribution is -0.142. The molecule has 49 heavy (non-hydrogen) atoms. The van der Waals surface area contributed by atoms with Crippen molar-refractivity contribution in [3.63, 3.8) is 0 Å². The zero-order valence-corrected chi connectivity index (χ0v) is 29.1. The Kier molecular flexibility index (Phi) is 12.1. The number of carbonyl (C=O) groups is 3. The molecule has 0 aliphatic carbocycles. The zero-order valence-electron chi connectivity index (χ0n) is 28.3. The van der Waals surface area contributed by atoms with Gasteiger partial charge >= 0.3 is 0 Å². The van der Waals surface area contributed by atoms with E-state index in [4.69, 9.17) is 5.73 Å². The van der Waals surface area contributed by atoms with E-state index in [1.165, 1.54) is 9.80 Å². The Morgan fingerprint density at radius 1 is 0.714 bits per heavy atom. The van der Waals surface area contributed by atoms with Crippen molar-refractivity contribution in [1.82, 2.24) is 15.1 Å². The van der Waals surface area contributed by atoms with Crippen molar-refractivity contribution in [1.29, 1.82) is 0 Å². The summed E-state index contributed by atoms with van der Waals surface area (Å²) in [7, 11) is 3.32. The Bertz CT molecular complexity index is 1810. The van der Waals surface area contributed by atoms with Gasteiger partial charge in [-0.1, -0.05) is 103 Å². The average Bonchev–Trinajstić information content (AvgIpc) is 3.66. The van der Waals surface area contributed by atoms with Crippen LogP contribution in [0.15, 0.2) is 127 Å². The smallest absolute Gasteiger partial charge is 0.254 e. The number of nitrogens with one attached hydrogen (secondary N) is 1. The molecule has 7 nitrogen and oxygen atoms in total. The van der Waals surface area contributed by atoms with Crippen LogP contribution in [-0.2, 0) is 28.9 Å². The maximum Gasteiger partial charge on any atom is 0.254 e. The second-order valence-corrected chi connectivity index (χ2v) is 13.4. The first kappa shape index (κ1) is 35.3. The van der Waals surface area contributed by atoms with E-state index in [1.807, 2.05) is 109 Å². The number of carbonyl (C=O) groups excluding carboxylic acids is 3. The summed E-state index contributed by atoms with van der Waals surface area (Å²) in [5.74, 6) is -0.840. The Morgan fingerprint density at radius 3 is 2.04 bits per heavy atom.